The molecule has 1 atom stereocenters. The number of hydrogen-bond donors (Lipinski definition) is 0. The number of likely N-dealkylation sites (tertiary alicyclic amines) is 1. The van der Waals surface area contributed by atoms with Crippen LogP contribution < -0.4 is 0 Å². The molecule has 1 amide bonds. The van der Waals surface area contributed by atoms with Gasteiger partial charge in [-0.25, -0.2) is 8.78 Å². The predicted molar refractivity (Wildman–Crippen MR) is 81.4 cm³/mol. The molecule has 21 heavy (non-hydrogen) atoms. The van der Waals surface area contributed by atoms with Gasteiger partial charge >= 0.3 is 0 Å². The number of carbonyl (C=O) groups excluding carboxylic acids is 1. The Morgan fingerprint density at radius 1 is 1.33 bits per heavy atom. The third-order valence-corrected chi connectivity index (χ3v) is 4.21. The van der Waals surface area contributed by atoms with Crippen molar-refractivity contribution in [2.45, 2.75) is 46.5 Å². The average Bonchev–Trinajstić information content (AvgIpc) is 2.37. The Kier molecular flexibility index (Phi) is 6.57. The molecule has 0 aliphatic carbocycles. The van der Waals surface area contributed by atoms with Crippen LogP contribution in [-0.2, 0) is 4.79 Å². The van der Waals surface area contributed by atoms with Crippen molar-refractivity contribution in [2.75, 3.05) is 33.2 Å². The first-order chi connectivity index (χ1) is 9.63. The summed E-state index contributed by atoms with van der Waals surface area (Å²) in [5.74, 6) is -3.10. The number of nitrogens with zero attached hydrogens (tertiary/aromatic N) is 2. The molecule has 0 aromatic carbocycles. The van der Waals surface area contributed by atoms with Gasteiger partial charge in [0.25, 0.3) is 5.92 Å². The molecule has 1 aliphatic heterocycles. The second-order valence-corrected chi connectivity index (χ2v) is 7.08. The molecule has 124 valence electrons. The van der Waals surface area contributed by atoms with Gasteiger partial charge in [0.15, 0.2) is 0 Å². The van der Waals surface area contributed by atoms with E-state index < -0.39 is 11.8 Å². The van der Waals surface area contributed by atoms with Crippen LogP contribution in [0.25, 0.3) is 0 Å². The summed E-state index contributed by atoms with van der Waals surface area (Å²) in [6.45, 7) is 9.24. The summed E-state index contributed by atoms with van der Waals surface area (Å²) < 4.78 is 28.6. The number of piperidine rings is 1. The Hall–Kier alpha value is -0.710. The molecule has 0 unspecified atom stereocenters. The summed E-state index contributed by atoms with van der Waals surface area (Å²) in [6, 6.07) is 0. The maximum absolute atomic E-state index is 14.3. The first-order valence-electron chi connectivity index (χ1n) is 7.98. The molecule has 3 nitrogen and oxygen atoms in total. The third kappa shape index (κ3) is 5.53. The quantitative estimate of drug-likeness (QED) is 0.753. The van der Waals surface area contributed by atoms with E-state index in [0.29, 0.717) is 18.9 Å². The molecule has 1 heterocycles. The van der Waals surface area contributed by atoms with Gasteiger partial charge in [0.2, 0.25) is 5.91 Å². The summed E-state index contributed by atoms with van der Waals surface area (Å²) >= 11 is 0. The Balaban J connectivity index is 2.53. The fourth-order valence-corrected chi connectivity index (χ4v) is 2.77. The van der Waals surface area contributed by atoms with Crippen LogP contribution in [0.4, 0.5) is 8.78 Å². The predicted octanol–water partition coefficient (Wildman–Crippen LogP) is 3.10. The minimum absolute atomic E-state index is 0.0620. The zero-order chi connectivity index (χ0) is 16.2. The largest absolute Gasteiger partial charge is 0.345 e. The van der Waals surface area contributed by atoms with Gasteiger partial charge in [0.05, 0.1) is 6.54 Å². The van der Waals surface area contributed by atoms with Crippen molar-refractivity contribution >= 4 is 5.91 Å². The Morgan fingerprint density at radius 3 is 2.43 bits per heavy atom. The minimum Gasteiger partial charge on any atom is -0.345 e. The standard InChI is InChI=1S/C16H30F2N2O/c1-12(2)6-8-20-9-7-14(16(17,18)11-20)10-19(5)15(21)13(3)4/h12-14H,6-11H2,1-5H3/t14-/m1/s1. The molecular formula is C16H30F2N2O. The monoisotopic (exact) mass is 304 g/mol. The number of alkyl halides is 2. The van der Waals surface area contributed by atoms with Gasteiger partial charge in [-0.1, -0.05) is 27.7 Å². The van der Waals surface area contributed by atoms with E-state index in [1.165, 1.54) is 4.90 Å². The molecule has 0 radical (unpaired) electrons. The third-order valence-electron chi connectivity index (χ3n) is 4.21. The molecule has 0 aromatic rings. The number of halogens is 2. The van der Waals surface area contributed by atoms with Gasteiger partial charge in [-0.3, -0.25) is 9.69 Å². The highest BCUT2D eigenvalue weighted by Gasteiger charge is 2.45. The van der Waals surface area contributed by atoms with E-state index in [0.717, 1.165) is 13.0 Å². The van der Waals surface area contributed by atoms with Crippen LogP contribution in [0.1, 0.15) is 40.5 Å². The highest BCUT2D eigenvalue weighted by molar-refractivity contribution is 5.77. The molecule has 0 bridgehead atoms. The van der Waals surface area contributed by atoms with Crippen LogP contribution >= 0.6 is 0 Å². The summed E-state index contributed by atoms with van der Waals surface area (Å²) in [6.07, 6.45) is 1.41. The fraction of sp³-hybridized carbons (Fsp3) is 0.938. The van der Waals surface area contributed by atoms with Gasteiger partial charge in [-0.15, -0.1) is 0 Å². The summed E-state index contributed by atoms with van der Waals surface area (Å²) in [7, 11) is 1.63. The molecule has 1 saturated heterocycles. The van der Waals surface area contributed by atoms with E-state index in [4.69, 9.17) is 0 Å². The first kappa shape index (κ1) is 18.3. The van der Waals surface area contributed by atoms with Crippen molar-refractivity contribution in [3.05, 3.63) is 0 Å². The van der Waals surface area contributed by atoms with E-state index in [1.807, 2.05) is 4.90 Å². The lowest BCUT2D eigenvalue weighted by Gasteiger charge is -2.40. The molecule has 1 fully saturated rings. The average molecular weight is 304 g/mol. The second kappa shape index (κ2) is 7.52. The zero-order valence-corrected chi connectivity index (χ0v) is 14.0. The topological polar surface area (TPSA) is 23.6 Å². The number of carbonyl (C=O) groups is 1. The Labute approximate surface area is 127 Å². The SMILES string of the molecule is CC(C)CCN1CC[C@H](CN(C)C(=O)C(C)C)C(F)(F)C1. The van der Waals surface area contributed by atoms with Crippen molar-refractivity contribution < 1.29 is 13.6 Å². The maximum atomic E-state index is 14.3. The van der Waals surface area contributed by atoms with Crippen LogP contribution in [0.3, 0.4) is 0 Å². The van der Waals surface area contributed by atoms with Gasteiger partial charge in [0.1, 0.15) is 0 Å². The van der Waals surface area contributed by atoms with Gasteiger partial charge in [0, 0.05) is 25.4 Å². The van der Waals surface area contributed by atoms with Gasteiger partial charge < -0.3 is 4.90 Å². The Morgan fingerprint density at radius 2 is 1.95 bits per heavy atom. The number of hydrogen-bond acceptors (Lipinski definition) is 2. The van der Waals surface area contributed by atoms with Crippen LogP contribution in [0.5, 0.6) is 0 Å². The van der Waals surface area contributed by atoms with Crippen LogP contribution in [0.2, 0.25) is 0 Å². The molecule has 0 N–H and O–H groups in total. The number of rotatable bonds is 6. The number of amides is 1. The Bertz CT molecular complexity index is 345. The van der Waals surface area contributed by atoms with E-state index in [2.05, 4.69) is 13.8 Å². The van der Waals surface area contributed by atoms with Crippen molar-refractivity contribution in [1.82, 2.24) is 9.80 Å². The van der Waals surface area contributed by atoms with Crippen molar-refractivity contribution in [3.63, 3.8) is 0 Å². The molecule has 5 heteroatoms. The first-order valence-corrected chi connectivity index (χ1v) is 7.98. The molecule has 1 aliphatic rings. The minimum atomic E-state index is -2.71. The van der Waals surface area contributed by atoms with Crippen LogP contribution in [-0.4, -0.2) is 54.9 Å². The van der Waals surface area contributed by atoms with Gasteiger partial charge in [-0.05, 0) is 31.8 Å². The molecular weight excluding hydrogens is 274 g/mol. The molecule has 0 saturated carbocycles. The van der Waals surface area contributed by atoms with Crippen molar-refractivity contribution in [2.24, 2.45) is 17.8 Å². The lowest BCUT2D eigenvalue weighted by molar-refractivity contribution is -0.141. The van der Waals surface area contributed by atoms with Crippen molar-refractivity contribution in [3.8, 4) is 0 Å². The molecule has 0 aromatic heterocycles. The smallest absolute Gasteiger partial charge is 0.265 e. The molecule has 0 spiro atoms. The highest BCUT2D eigenvalue weighted by Crippen LogP contribution is 2.33. The zero-order valence-electron chi connectivity index (χ0n) is 14.0. The lowest BCUT2D eigenvalue weighted by atomic mass is 9.91. The van der Waals surface area contributed by atoms with E-state index in [1.54, 1.807) is 20.9 Å². The summed E-state index contributed by atoms with van der Waals surface area (Å²) in [5, 5.41) is 0. The van der Waals surface area contributed by atoms with E-state index >= 15 is 0 Å². The highest BCUT2D eigenvalue weighted by atomic mass is 19.3. The fourth-order valence-electron chi connectivity index (χ4n) is 2.77. The van der Waals surface area contributed by atoms with Crippen LogP contribution in [0, 0.1) is 17.8 Å². The maximum Gasteiger partial charge on any atom is 0.265 e. The van der Waals surface area contributed by atoms with Gasteiger partial charge in [-0.2, -0.15) is 0 Å². The van der Waals surface area contributed by atoms with Crippen molar-refractivity contribution in [1.29, 1.82) is 0 Å². The second-order valence-electron chi connectivity index (χ2n) is 7.08. The normalized spacial score (nSPS) is 22.8. The summed E-state index contributed by atoms with van der Waals surface area (Å²) in [4.78, 5) is 15.2. The molecule has 1 rings (SSSR count). The van der Waals surface area contributed by atoms with E-state index in [-0.39, 0.29) is 24.9 Å². The summed E-state index contributed by atoms with van der Waals surface area (Å²) in [5.41, 5.74) is 0. The lowest BCUT2D eigenvalue weighted by Crippen LogP contribution is -2.52. The van der Waals surface area contributed by atoms with Crippen LogP contribution in [0.15, 0.2) is 0 Å². The van der Waals surface area contributed by atoms with E-state index in [9.17, 15) is 13.6 Å².